The van der Waals surface area contributed by atoms with Gasteiger partial charge in [0.05, 0.1) is 28.0 Å². The van der Waals surface area contributed by atoms with Crippen LogP contribution in [0.15, 0.2) is 18.2 Å². The number of nitro benzene ring substituents is 1. The smallest absolute Gasteiger partial charge is 0.363 e. The predicted octanol–water partition coefficient (Wildman–Crippen LogP) is 1.77. The van der Waals surface area contributed by atoms with E-state index >= 15 is 0 Å². The highest BCUT2D eigenvalue weighted by Gasteiger charge is 2.37. The van der Waals surface area contributed by atoms with Crippen molar-refractivity contribution >= 4 is 27.1 Å². The van der Waals surface area contributed by atoms with Crippen LogP contribution < -0.4 is 4.90 Å². The van der Waals surface area contributed by atoms with Gasteiger partial charge < -0.3 is 9.80 Å². The first kappa shape index (κ1) is 24.2. The summed E-state index contributed by atoms with van der Waals surface area (Å²) in [5.41, 5.74) is -1.59. The lowest BCUT2D eigenvalue weighted by Crippen LogP contribution is -2.55. The zero-order chi connectivity index (χ0) is 23.8. The number of anilines is 1. The molecule has 2 aliphatic rings. The van der Waals surface area contributed by atoms with E-state index in [1.54, 1.807) is 18.9 Å². The summed E-state index contributed by atoms with van der Waals surface area (Å²) >= 11 is 0. The summed E-state index contributed by atoms with van der Waals surface area (Å²) in [4.78, 5) is 28.4. The van der Waals surface area contributed by atoms with Crippen LogP contribution in [-0.2, 0) is 20.8 Å². The van der Waals surface area contributed by atoms with Gasteiger partial charge in [-0.15, -0.1) is 0 Å². The molecular weight excluding hydrogens is 453 g/mol. The first-order valence-electron chi connectivity index (χ1n) is 10.1. The van der Waals surface area contributed by atoms with Gasteiger partial charge in [-0.1, -0.05) is 0 Å². The van der Waals surface area contributed by atoms with Gasteiger partial charge in [-0.3, -0.25) is 19.8 Å². The Kier molecular flexibility index (Phi) is 6.70. The number of piperazine rings is 1. The molecule has 0 unspecified atom stereocenters. The number of carbonyl (C=O) groups excluding carboxylic acids is 1. The van der Waals surface area contributed by atoms with Gasteiger partial charge in [-0.05, 0) is 25.5 Å². The first-order valence-corrected chi connectivity index (χ1v) is 11.9. The van der Waals surface area contributed by atoms with Crippen molar-refractivity contribution in [2.24, 2.45) is 0 Å². The second-order valence-corrected chi connectivity index (χ2v) is 10.4. The zero-order valence-electron chi connectivity index (χ0n) is 17.7. The lowest BCUT2D eigenvalue weighted by Gasteiger charge is -2.39. The zero-order valence-corrected chi connectivity index (χ0v) is 18.5. The van der Waals surface area contributed by atoms with Gasteiger partial charge in [0, 0.05) is 45.3 Å². The summed E-state index contributed by atoms with van der Waals surface area (Å²) in [5, 5.41) is 11.4. The summed E-state index contributed by atoms with van der Waals surface area (Å²) in [5.74, 6) is -0.192. The number of alkyl halides is 3. The highest BCUT2D eigenvalue weighted by molar-refractivity contribution is 7.91. The molecule has 13 heteroatoms. The first-order chi connectivity index (χ1) is 14.8. The van der Waals surface area contributed by atoms with Crippen molar-refractivity contribution in [2.75, 3.05) is 49.6 Å². The third-order valence-corrected chi connectivity index (χ3v) is 7.91. The number of benzene rings is 1. The van der Waals surface area contributed by atoms with E-state index < -0.39 is 38.2 Å². The monoisotopic (exact) mass is 478 g/mol. The van der Waals surface area contributed by atoms with Gasteiger partial charge in [0.1, 0.15) is 5.69 Å². The van der Waals surface area contributed by atoms with Crippen LogP contribution in [-0.4, -0.2) is 85.9 Å². The van der Waals surface area contributed by atoms with Crippen LogP contribution in [0.4, 0.5) is 24.5 Å². The molecule has 1 amide bonds. The van der Waals surface area contributed by atoms with Crippen molar-refractivity contribution in [1.82, 2.24) is 9.80 Å². The average Bonchev–Trinajstić information content (AvgIpc) is 3.10. The molecule has 0 saturated carbocycles. The molecule has 0 N–H and O–H groups in total. The molecule has 1 aromatic carbocycles. The normalized spacial score (nSPS) is 22.5. The molecule has 178 valence electrons. The predicted molar refractivity (Wildman–Crippen MR) is 111 cm³/mol. The number of likely N-dealkylation sites (N-methyl/N-ethyl adjacent to an activating group) is 1. The van der Waals surface area contributed by atoms with E-state index in [1.165, 1.54) is 4.90 Å². The highest BCUT2D eigenvalue weighted by Crippen LogP contribution is 2.36. The van der Waals surface area contributed by atoms with Gasteiger partial charge in [0.15, 0.2) is 9.84 Å². The molecule has 2 aliphatic heterocycles. The lowest BCUT2D eigenvalue weighted by atomic mass is 10.1. The van der Waals surface area contributed by atoms with Crippen LogP contribution in [0.25, 0.3) is 0 Å². The molecule has 0 bridgehead atoms. The molecule has 9 nitrogen and oxygen atoms in total. The molecule has 0 aliphatic carbocycles. The minimum Gasteiger partial charge on any atom is -0.363 e. The third kappa shape index (κ3) is 5.14. The number of nitrogens with zero attached hydrogens (tertiary/aromatic N) is 4. The molecule has 32 heavy (non-hydrogen) atoms. The van der Waals surface area contributed by atoms with Gasteiger partial charge in [0.25, 0.3) is 5.69 Å². The minimum absolute atomic E-state index is 0.0483. The molecule has 0 aromatic heterocycles. The summed E-state index contributed by atoms with van der Waals surface area (Å²) in [7, 11) is -1.54. The summed E-state index contributed by atoms with van der Waals surface area (Å²) in [6, 6.07) is 1.60. The quantitative estimate of drug-likeness (QED) is 0.469. The Balaban J connectivity index is 1.66. The van der Waals surface area contributed by atoms with Crippen LogP contribution in [0.3, 0.4) is 0 Å². The molecule has 2 atom stereocenters. The number of amides is 1. The topological polar surface area (TPSA) is 104 Å². The summed E-state index contributed by atoms with van der Waals surface area (Å²) in [6.45, 7) is 3.07. The average molecular weight is 478 g/mol. The van der Waals surface area contributed by atoms with Crippen LogP contribution in [0.1, 0.15) is 18.9 Å². The van der Waals surface area contributed by atoms with E-state index in [0.717, 1.165) is 12.1 Å². The van der Waals surface area contributed by atoms with Crippen molar-refractivity contribution in [3.8, 4) is 0 Å². The van der Waals surface area contributed by atoms with Gasteiger partial charge in [-0.25, -0.2) is 8.42 Å². The number of rotatable bonds is 5. The molecular formula is C19H25F3N4O5S. The van der Waals surface area contributed by atoms with Crippen LogP contribution >= 0.6 is 0 Å². The molecule has 2 heterocycles. The number of nitro groups is 1. The maximum Gasteiger partial charge on any atom is 0.416 e. The van der Waals surface area contributed by atoms with Crippen LogP contribution in [0.5, 0.6) is 0 Å². The number of hydrogen-bond donors (Lipinski definition) is 0. The second kappa shape index (κ2) is 8.85. The number of sulfone groups is 1. The standard InChI is InChI=1S/C19H25F3N4O5S/c1-13(18(27)23(2)15-5-10-32(30,31)12-15)24-6-8-25(9-7-24)16-4-3-14(19(20,21)22)11-17(16)26(28)29/h3-4,11,13,15H,5-10,12H2,1-2H3/t13-,15-/m0/s1. The maximum atomic E-state index is 12.9. The van der Waals surface area contributed by atoms with Crippen molar-refractivity contribution in [3.05, 3.63) is 33.9 Å². The Labute approximate surface area is 183 Å². The van der Waals surface area contributed by atoms with Crippen molar-refractivity contribution < 1.29 is 31.3 Å². The van der Waals surface area contributed by atoms with E-state index in [4.69, 9.17) is 0 Å². The van der Waals surface area contributed by atoms with E-state index in [-0.39, 0.29) is 29.1 Å². The fourth-order valence-electron chi connectivity index (χ4n) is 4.18. The van der Waals surface area contributed by atoms with Crippen molar-refractivity contribution in [2.45, 2.75) is 31.6 Å². The molecule has 0 radical (unpaired) electrons. The fraction of sp³-hybridized carbons (Fsp3) is 0.632. The molecule has 2 fully saturated rings. The SMILES string of the molecule is C[C@@H](C(=O)N(C)[C@H]1CCS(=O)(=O)C1)N1CCN(c2ccc(C(F)(F)F)cc2[N+](=O)[O-])CC1. The number of carbonyl (C=O) groups is 1. The fourth-order valence-corrected chi connectivity index (χ4v) is 5.95. The maximum absolute atomic E-state index is 12.9. The largest absolute Gasteiger partial charge is 0.416 e. The van der Waals surface area contributed by atoms with E-state index in [1.807, 2.05) is 4.90 Å². The number of halogens is 3. The summed E-state index contributed by atoms with van der Waals surface area (Å²) < 4.78 is 62.2. The van der Waals surface area contributed by atoms with Crippen LogP contribution in [0.2, 0.25) is 0 Å². The second-order valence-electron chi connectivity index (χ2n) is 8.16. The third-order valence-electron chi connectivity index (χ3n) is 6.16. The Hall–Kier alpha value is -2.41. The number of hydrogen-bond acceptors (Lipinski definition) is 7. The van der Waals surface area contributed by atoms with E-state index in [0.29, 0.717) is 38.7 Å². The van der Waals surface area contributed by atoms with Gasteiger partial charge in [0.2, 0.25) is 5.91 Å². The lowest BCUT2D eigenvalue weighted by molar-refractivity contribution is -0.384. The minimum atomic E-state index is -4.68. The molecule has 2 saturated heterocycles. The van der Waals surface area contributed by atoms with Gasteiger partial charge >= 0.3 is 6.18 Å². The van der Waals surface area contributed by atoms with Gasteiger partial charge in [-0.2, -0.15) is 13.2 Å². The van der Waals surface area contributed by atoms with E-state index in [2.05, 4.69) is 0 Å². The van der Waals surface area contributed by atoms with Crippen molar-refractivity contribution in [1.29, 1.82) is 0 Å². The Morgan fingerprint density at radius 1 is 1.25 bits per heavy atom. The Morgan fingerprint density at radius 3 is 2.38 bits per heavy atom. The molecule has 1 aromatic rings. The van der Waals surface area contributed by atoms with E-state index in [9.17, 15) is 36.5 Å². The van der Waals surface area contributed by atoms with Crippen molar-refractivity contribution in [3.63, 3.8) is 0 Å². The highest BCUT2D eigenvalue weighted by atomic mass is 32.2. The molecule has 0 spiro atoms. The molecule has 3 rings (SSSR count). The Bertz CT molecular complexity index is 993. The summed E-state index contributed by atoms with van der Waals surface area (Å²) in [6.07, 6.45) is -4.27. The Morgan fingerprint density at radius 2 is 1.88 bits per heavy atom. The van der Waals surface area contributed by atoms with Crippen LogP contribution in [0, 0.1) is 10.1 Å².